The first-order valence-electron chi connectivity index (χ1n) is 7.87. The van der Waals surface area contributed by atoms with Gasteiger partial charge in [0.2, 0.25) is 0 Å². The summed E-state index contributed by atoms with van der Waals surface area (Å²) < 4.78 is 5.34. The Morgan fingerprint density at radius 2 is 2.05 bits per heavy atom. The van der Waals surface area contributed by atoms with Crippen LogP contribution < -0.4 is 5.32 Å². The van der Waals surface area contributed by atoms with Crippen molar-refractivity contribution in [2.45, 2.75) is 31.7 Å². The number of hydrogen-bond donors (Lipinski definition) is 2. The number of aryl methyl sites for hydroxylation is 1. The van der Waals surface area contributed by atoms with Gasteiger partial charge in [0.1, 0.15) is 0 Å². The van der Waals surface area contributed by atoms with E-state index in [1.807, 2.05) is 0 Å². The molecular weight excluding hydrogens is 266 g/mol. The van der Waals surface area contributed by atoms with E-state index in [1.54, 1.807) is 0 Å². The van der Waals surface area contributed by atoms with Crippen molar-refractivity contribution in [2.24, 2.45) is 11.8 Å². The minimum absolute atomic E-state index is 0.236. The predicted molar refractivity (Wildman–Crippen MR) is 80.2 cm³/mol. The Bertz CT molecular complexity index is 497. The number of fused-ring (bicyclic) bond motifs is 1. The Morgan fingerprint density at radius 1 is 1.29 bits per heavy atom. The first kappa shape index (κ1) is 14.5. The minimum Gasteiger partial charge on any atom is -0.481 e. The molecule has 114 valence electrons. The quantitative estimate of drug-likeness (QED) is 0.874. The van der Waals surface area contributed by atoms with Crippen LogP contribution in [-0.4, -0.2) is 30.8 Å². The Balaban J connectivity index is 1.61. The lowest BCUT2D eigenvalue weighted by molar-refractivity contribution is -0.144. The van der Waals surface area contributed by atoms with Gasteiger partial charge in [-0.2, -0.15) is 0 Å². The molecular formula is C17H23NO3. The zero-order valence-electron chi connectivity index (χ0n) is 12.3. The molecule has 4 heteroatoms. The third-order valence-corrected chi connectivity index (χ3v) is 4.87. The molecule has 0 saturated carbocycles. The maximum absolute atomic E-state index is 11.6. The van der Waals surface area contributed by atoms with Gasteiger partial charge >= 0.3 is 5.97 Å². The van der Waals surface area contributed by atoms with Crippen LogP contribution in [-0.2, 0) is 16.0 Å². The summed E-state index contributed by atoms with van der Waals surface area (Å²) in [5, 5.41) is 13.0. The van der Waals surface area contributed by atoms with Gasteiger partial charge in [0, 0.05) is 25.8 Å². The summed E-state index contributed by atoms with van der Waals surface area (Å²) in [5.74, 6) is -0.747. The number of carbonyl (C=O) groups is 1. The van der Waals surface area contributed by atoms with E-state index in [0.29, 0.717) is 25.8 Å². The second-order valence-electron chi connectivity index (χ2n) is 6.09. The molecule has 0 bridgehead atoms. The fourth-order valence-electron chi connectivity index (χ4n) is 3.61. The Hall–Kier alpha value is -1.39. The molecule has 2 unspecified atom stereocenters. The van der Waals surface area contributed by atoms with E-state index in [1.165, 1.54) is 11.1 Å². The lowest BCUT2D eigenvalue weighted by Gasteiger charge is -2.28. The number of carboxylic acid groups (broad SMARTS) is 1. The lowest BCUT2D eigenvalue weighted by Crippen LogP contribution is -2.37. The second-order valence-corrected chi connectivity index (χ2v) is 6.09. The monoisotopic (exact) mass is 289 g/mol. The number of carboxylic acids is 1. The normalized spacial score (nSPS) is 23.7. The molecule has 0 aromatic heterocycles. The standard InChI is InChI=1S/C17H23NO3/c19-17(20)15(13-7-9-21-10-8-13)11-18-16-6-5-12-3-1-2-4-14(12)16/h1-4,13,15-16,18H,5-11H2,(H,19,20). The first-order valence-corrected chi connectivity index (χ1v) is 7.87. The third-order valence-electron chi connectivity index (χ3n) is 4.87. The van der Waals surface area contributed by atoms with Crippen molar-refractivity contribution in [1.82, 2.24) is 5.32 Å². The Morgan fingerprint density at radius 3 is 2.81 bits per heavy atom. The van der Waals surface area contributed by atoms with Gasteiger partial charge < -0.3 is 15.2 Å². The van der Waals surface area contributed by atoms with Crippen molar-refractivity contribution in [1.29, 1.82) is 0 Å². The molecule has 1 aromatic rings. The van der Waals surface area contributed by atoms with Crippen molar-refractivity contribution in [3.63, 3.8) is 0 Å². The number of ether oxygens (including phenoxy) is 1. The highest BCUT2D eigenvalue weighted by molar-refractivity contribution is 5.70. The molecule has 0 spiro atoms. The lowest BCUT2D eigenvalue weighted by atomic mass is 9.85. The van der Waals surface area contributed by atoms with Crippen LogP contribution in [0.2, 0.25) is 0 Å². The maximum Gasteiger partial charge on any atom is 0.308 e. The summed E-state index contributed by atoms with van der Waals surface area (Å²) in [5.41, 5.74) is 2.74. The van der Waals surface area contributed by atoms with Crippen molar-refractivity contribution in [3.8, 4) is 0 Å². The summed E-state index contributed by atoms with van der Waals surface area (Å²) in [6.45, 7) is 1.94. The topological polar surface area (TPSA) is 58.6 Å². The van der Waals surface area contributed by atoms with Gasteiger partial charge in [-0.15, -0.1) is 0 Å². The van der Waals surface area contributed by atoms with E-state index in [0.717, 1.165) is 25.7 Å². The van der Waals surface area contributed by atoms with Gasteiger partial charge in [0.05, 0.1) is 5.92 Å². The van der Waals surface area contributed by atoms with Gasteiger partial charge in [-0.1, -0.05) is 24.3 Å². The largest absolute Gasteiger partial charge is 0.481 e. The molecule has 0 radical (unpaired) electrons. The smallest absolute Gasteiger partial charge is 0.308 e. The first-order chi connectivity index (χ1) is 10.3. The SMILES string of the molecule is O=C(O)C(CNC1CCc2ccccc21)C1CCOCC1. The van der Waals surface area contributed by atoms with Crippen molar-refractivity contribution in [3.05, 3.63) is 35.4 Å². The van der Waals surface area contributed by atoms with Crippen LogP contribution >= 0.6 is 0 Å². The molecule has 1 aliphatic heterocycles. The van der Waals surface area contributed by atoms with Crippen LogP contribution in [0.4, 0.5) is 0 Å². The molecule has 1 saturated heterocycles. The highest BCUT2D eigenvalue weighted by Gasteiger charge is 2.31. The number of rotatable bonds is 5. The molecule has 21 heavy (non-hydrogen) atoms. The highest BCUT2D eigenvalue weighted by Crippen LogP contribution is 2.31. The van der Waals surface area contributed by atoms with Crippen LogP contribution in [0.3, 0.4) is 0 Å². The molecule has 0 amide bonds. The van der Waals surface area contributed by atoms with Crippen molar-refractivity contribution in [2.75, 3.05) is 19.8 Å². The molecule has 2 atom stereocenters. The fraction of sp³-hybridized carbons (Fsp3) is 0.588. The second kappa shape index (κ2) is 6.58. The molecule has 4 nitrogen and oxygen atoms in total. The predicted octanol–water partition coefficient (Wildman–Crippen LogP) is 2.39. The van der Waals surface area contributed by atoms with Gasteiger partial charge in [-0.3, -0.25) is 4.79 Å². The third kappa shape index (κ3) is 3.27. The fourth-order valence-corrected chi connectivity index (χ4v) is 3.61. The van der Waals surface area contributed by atoms with E-state index in [-0.39, 0.29) is 11.8 Å². The molecule has 2 aliphatic rings. The van der Waals surface area contributed by atoms with Gasteiger partial charge in [-0.25, -0.2) is 0 Å². The molecule has 1 heterocycles. The number of nitrogens with one attached hydrogen (secondary N) is 1. The number of aliphatic carboxylic acids is 1. The van der Waals surface area contributed by atoms with Crippen LogP contribution in [0.1, 0.15) is 36.4 Å². The molecule has 1 aliphatic carbocycles. The molecule has 3 rings (SSSR count). The minimum atomic E-state index is -0.680. The molecule has 2 N–H and O–H groups in total. The van der Waals surface area contributed by atoms with E-state index in [2.05, 4.69) is 29.6 Å². The van der Waals surface area contributed by atoms with E-state index >= 15 is 0 Å². The van der Waals surface area contributed by atoms with Crippen molar-refractivity contribution < 1.29 is 14.6 Å². The summed E-state index contributed by atoms with van der Waals surface area (Å²) in [6.07, 6.45) is 3.88. The average Bonchev–Trinajstić information content (AvgIpc) is 2.92. The van der Waals surface area contributed by atoms with Gasteiger partial charge in [-0.05, 0) is 42.7 Å². The zero-order chi connectivity index (χ0) is 14.7. The zero-order valence-corrected chi connectivity index (χ0v) is 12.3. The van der Waals surface area contributed by atoms with Gasteiger partial charge in [0.25, 0.3) is 0 Å². The van der Waals surface area contributed by atoms with Gasteiger partial charge in [0.15, 0.2) is 0 Å². The number of hydrogen-bond acceptors (Lipinski definition) is 3. The summed E-state index contributed by atoms with van der Waals surface area (Å²) >= 11 is 0. The summed E-state index contributed by atoms with van der Waals surface area (Å²) in [7, 11) is 0. The maximum atomic E-state index is 11.6. The van der Waals surface area contributed by atoms with Crippen LogP contribution in [0.15, 0.2) is 24.3 Å². The number of benzene rings is 1. The van der Waals surface area contributed by atoms with Crippen LogP contribution in [0, 0.1) is 11.8 Å². The van der Waals surface area contributed by atoms with E-state index < -0.39 is 5.97 Å². The summed E-state index contributed by atoms with van der Waals surface area (Å²) in [4.78, 5) is 11.6. The Labute approximate surface area is 125 Å². The average molecular weight is 289 g/mol. The summed E-state index contributed by atoms with van der Waals surface area (Å²) in [6, 6.07) is 8.77. The molecule has 1 aromatic carbocycles. The van der Waals surface area contributed by atoms with Crippen molar-refractivity contribution >= 4 is 5.97 Å². The highest BCUT2D eigenvalue weighted by atomic mass is 16.5. The molecule has 1 fully saturated rings. The van der Waals surface area contributed by atoms with E-state index in [9.17, 15) is 9.90 Å². The van der Waals surface area contributed by atoms with Crippen LogP contribution in [0.25, 0.3) is 0 Å². The van der Waals surface area contributed by atoms with E-state index in [4.69, 9.17) is 4.74 Å². The Kier molecular flexibility index (Phi) is 4.56. The van der Waals surface area contributed by atoms with Crippen LogP contribution in [0.5, 0.6) is 0 Å².